The van der Waals surface area contributed by atoms with Gasteiger partial charge >= 0.3 is 0 Å². The van der Waals surface area contributed by atoms with Crippen LogP contribution >= 0.6 is 11.3 Å². The number of imidazole rings is 1. The van der Waals surface area contributed by atoms with Gasteiger partial charge in [-0.3, -0.25) is 0 Å². The first kappa shape index (κ1) is 14.6. The van der Waals surface area contributed by atoms with Gasteiger partial charge in [0.25, 0.3) is 0 Å². The number of para-hydroxylation sites is 2. The number of fused-ring (bicyclic) bond motifs is 3. The maximum atomic E-state index is 6.05. The number of hydrogen-bond acceptors (Lipinski definition) is 5. The topological polar surface area (TPSA) is 67.6 Å². The van der Waals surface area contributed by atoms with Crippen molar-refractivity contribution in [2.24, 2.45) is 0 Å². The molecule has 6 rings (SSSR count). The van der Waals surface area contributed by atoms with Gasteiger partial charge in [0.05, 0.1) is 26.8 Å². The molecule has 0 aliphatic carbocycles. The number of thiazole rings is 1. The largest absolute Gasteiger partial charge is 0.436 e. The van der Waals surface area contributed by atoms with Gasteiger partial charge in [0.15, 0.2) is 5.58 Å². The van der Waals surface area contributed by atoms with Crippen molar-refractivity contribution in [2.75, 3.05) is 0 Å². The summed E-state index contributed by atoms with van der Waals surface area (Å²) in [6, 6.07) is 20.0. The lowest BCUT2D eigenvalue weighted by Gasteiger charge is -1.95. The lowest BCUT2D eigenvalue weighted by Crippen LogP contribution is -1.80. The molecule has 0 saturated heterocycles. The third-order valence-electron chi connectivity index (χ3n) is 4.63. The number of aromatic nitrogens is 4. The van der Waals surface area contributed by atoms with Gasteiger partial charge in [0, 0.05) is 11.1 Å². The van der Waals surface area contributed by atoms with Gasteiger partial charge in [-0.25, -0.2) is 15.0 Å². The van der Waals surface area contributed by atoms with E-state index in [4.69, 9.17) is 4.42 Å². The maximum absolute atomic E-state index is 6.05. The lowest BCUT2D eigenvalue weighted by molar-refractivity contribution is 0.620. The normalized spacial score (nSPS) is 11.7. The van der Waals surface area contributed by atoms with Crippen LogP contribution in [0.1, 0.15) is 0 Å². The van der Waals surface area contributed by atoms with Crippen molar-refractivity contribution < 1.29 is 4.42 Å². The van der Waals surface area contributed by atoms with Gasteiger partial charge in [0.2, 0.25) is 5.89 Å². The van der Waals surface area contributed by atoms with E-state index in [2.05, 4.69) is 26.0 Å². The Morgan fingerprint density at radius 2 is 1.70 bits per heavy atom. The summed E-state index contributed by atoms with van der Waals surface area (Å²) in [6.07, 6.45) is 0. The van der Waals surface area contributed by atoms with Gasteiger partial charge in [-0.05, 0) is 48.5 Å². The van der Waals surface area contributed by atoms with Crippen LogP contribution in [0.15, 0.2) is 70.6 Å². The predicted octanol–water partition coefficient (Wildman–Crippen LogP) is 5.65. The molecule has 6 heteroatoms. The molecule has 0 bridgehead atoms. The number of nitrogens with zero attached hydrogens (tertiary/aromatic N) is 3. The summed E-state index contributed by atoms with van der Waals surface area (Å²) in [7, 11) is 0. The summed E-state index contributed by atoms with van der Waals surface area (Å²) in [6.45, 7) is 0. The van der Waals surface area contributed by atoms with E-state index in [0.717, 1.165) is 49.3 Å². The molecule has 27 heavy (non-hydrogen) atoms. The molecule has 3 heterocycles. The van der Waals surface area contributed by atoms with E-state index in [1.54, 1.807) is 11.3 Å². The Morgan fingerprint density at radius 1 is 0.815 bits per heavy atom. The van der Waals surface area contributed by atoms with Gasteiger partial charge in [-0.15, -0.1) is 11.3 Å². The molecule has 0 fully saturated rings. The summed E-state index contributed by atoms with van der Waals surface area (Å²) in [5.74, 6) is 1.43. The molecule has 0 unspecified atom stereocenters. The SMILES string of the molecule is c1ccc2[nH]c(-c3ccc4nc(-c5ccc6ncsc6c5)oc4c3)nc2c1. The fourth-order valence-electron chi connectivity index (χ4n) is 3.27. The second kappa shape index (κ2) is 5.49. The highest BCUT2D eigenvalue weighted by Crippen LogP contribution is 2.30. The molecule has 5 nitrogen and oxygen atoms in total. The molecule has 0 aliphatic rings. The minimum absolute atomic E-state index is 0.613. The molecular formula is C21H12N4OS. The van der Waals surface area contributed by atoms with E-state index in [0.29, 0.717) is 5.89 Å². The number of aromatic amines is 1. The van der Waals surface area contributed by atoms with Crippen LogP contribution in [-0.4, -0.2) is 19.9 Å². The third kappa shape index (κ3) is 2.34. The zero-order valence-electron chi connectivity index (χ0n) is 14.0. The van der Waals surface area contributed by atoms with Gasteiger partial charge in [-0.2, -0.15) is 0 Å². The van der Waals surface area contributed by atoms with Gasteiger partial charge in [0.1, 0.15) is 11.3 Å². The van der Waals surface area contributed by atoms with Gasteiger partial charge < -0.3 is 9.40 Å². The zero-order valence-corrected chi connectivity index (χ0v) is 14.8. The highest BCUT2D eigenvalue weighted by molar-refractivity contribution is 7.16. The molecule has 0 spiro atoms. The average molecular weight is 368 g/mol. The Balaban J connectivity index is 1.46. The Hall–Kier alpha value is -3.51. The van der Waals surface area contributed by atoms with Crippen molar-refractivity contribution in [3.05, 3.63) is 66.2 Å². The lowest BCUT2D eigenvalue weighted by atomic mass is 10.2. The molecule has 1 N–H and O–H groups in total. The van der Waals surface area contributed by atoms with E-state index < -0.39 is 0 Å². The molecule has 0 radical (unpaired) electrons. The number of H-pyrrole nitrogens is 1. The van der Waals surface area contributed by atoms with Crippen LogP contribution in [0.2, 0.25) is 0 Å². The molecule has 0 aliphatic heterocycles. The molecular weight excluding hydrogens is 356 g/mol. The fourth-order valence-corrected chi connectivity index (χ4v) is 3.99. The number of benzene rings is 3. The molecule has 0 atom stereocenters. The van der Waals surface area contributed by atoms with Gasteiger partial charge in [-0.1, -0.05) is 12.1 Å². The Morgan fingerprint density at radius 3 is 2.67 bits per heavy atom. The Labute approximate surface area is 157 Å². The number of oxazole rings is 1. The smallest absolute Gasteiger partial charge is 0.227 e. The molecule has 128 valence electrons. The van der Waals surface area contributed by atoms with Crippen molar-refractivity contribution in [2.45, 2.75) is 0 Å². The van der Waals surface area contributed by atoms with Crippen molar-refractivity contribution in [3.8, 4) is 22.8 Å². The first-order chi connectivity index (χ1) is 13.3. The van der Waals surface area contributed by atoms with Crippen LogP contribution in [0.25, 0.3) is 55.2 Å². The highest BCUT2D eigenvalue weighted by Gasteiger charge is 2.12. The quantitative estimate of drug-likeness (QED) is 0.429. The van der Waals surface area contributed by atoms with E-state index in [1.807, 2.05) is 60.1 Å². The van der Waals surface area contributed by atoms with Crippen LogP contribution in [0.5, 0.6) is 0 Å². The second-order valence-electron chi connectivity index (χ2n) is 6.34. The summed E-state index contributed by atoms with van der Waals surface area (Å²) in [5.41, 5.74) is 8.30. The molecule has 3 aromatic carbocycles. The highest BCUT2D eigenvalue weighted by atomic mass is 32.1. The van der Waals surface area contributed by atoms with E-state index in [-0.39, 0.29) is 0 Å². The molecule has 0 saturated carbocycles. The van der Waals surface area contributed by atoms with Crippen LogP contribution in [0, 0.1) is 0 Å². The number of rotatable bonds is 2. The van der Waals surface area contributed by atoms with Crippen molar-refractivity contribution in [1.82, 2.24) is 19.9 Å². The van der Waals surface area contributed by atoms with Crippen LogP contribution in [0.3, 0.4) is 0 Å². The van der Waals surface area contributed by atoms with E-state index >= 15 is 0 Å². The summed E-state index contributed by atoms with van der Waals surface area (Å²) in [4.78, 5) is 17.0. The summed E-state index contributed by atoms with van der Waals surface area (Å²) < 4.78 is 7.17. The number of nitrogens with one attached hydrogen (secondary N) is 1. The maximum Gasteiger partial charge on any atom is 0.227 e. The van der Waals surface area contributed by atoms with Crippen LogP contribution < -0.4 is 0 Å². The van der Waals surface area contributed by atoms with Crippen LogP contribution in [-0.2, 0) is 0 Å². The summed E-state index contributed by atoms with van der Waals surface area (Å²) in [5, 5.41) is 0. The predicted molar refractivity (Wildman–Crippen MR) is 108 cm³/mol. The van der Waals surface area contributed by atoms with Crippen molar-refractivity contribution in [1.29, 1.82) is 0 Å². The first-order valence-corrected chi connectivity index (χ1v) is 9.41. The van der Waals surface area contributed by atoms with Crippen molar-refractivity contribution in [3.63, 3.8) is 0 Å². The zero-order chi connectivity index (χ0) is 17.8. The first-order valence-electron chi connectivity index (χ1n) is 8.53. The average Bonchev–Trinajstić information content (AvgIpc) is 3.42. The Kier molecular flexibility index (Phi) is 2.98. The minimum atomic E-state index is 0.613. The fraction of sp³-hybridized carbons (Fsp3) is 0. The van der Waals surface area contributed by atoms with Crippen LogP contribution in [0.4, 0.5) is 0 Å². The van der Waals surface area contributed by atoms with Crippen molar-refractivity contribution >= 4 is 43.7 Å². The molecule has 3 aromatic heterocycles. The molecule has 0 amide bonds. The standard InChI is InChI=1S/C21H12N4OS/c1-2-4-15-14(3-1)23-20(24-15)12-5-7-16-18(9-12)26-21(25-16)13-6-8-17-19(10-13)27-11-22-17/h1-11H,(H,23,24). The minimum Gasteiger partial charge on any atom is -0.436 e. The van der Waals surface area contributed by atoms with E-state index in [1.165, 1.54) is 0 Å². The molecule has 6 aromatic rings. The number of hydrogen-bond donors (Lipinski definition) is 1. The second-order valence-corrected chi connectivity index (χ2v) is 7.23. The Bertz CT molecular complexity index is 1410. The summed E-state index contributed by atoms with van der Waals surface area (Å²) >= 11 is 1.61. The van der Waals surface area contributed by atoms with E-state index in [9.17, 15) is 0 Å². The monoisotopic (exact) mass is 368 g/mol. The third-order valence-corrected chi connectivity index (χ3v) is 5.42.